The van der Waals surface area contributed by atoms with Crippen LogP contribution in [0.3, 0.4) is 0 Å². The Morgan fingerprint density at radius 2 is 2.00 bits per heavy atom. The van der Waals surface area contributed by atoms with Crippen molar-refractivity contribution in [3.63, 3.8) is 0 Å². The molecule has 0 aliphatic heterocycles. The van der Waals surface area contributed by atoms with Gasteiger partial charge >= 0.3 is 5.97 Å². The van der Waals surface area contributed by atoms with E-state index in [2.05, 4.69) is 10.2 Å². The van der Waals surface area contributed by atoms with Gasteiger partial charge in [0.05, 0.1) is 7.11 Å². The van der Waals surface area contributed by atoms with E-state index in [9.17, 15) is 4.79 Å². The fraction of sp³-hybridized carbons (Fsp3) is 0.833. The number of esters is 1. The Morgan fingerprint density at radius 3 is 2.09 bits per heavy atom. The maximum atomic E-state index is 10.8. The van der Waals surface area contributed by atoms with Gasteiger partial charge in [0.1, 0.15) is 6.04 Å². The first kappa shape index (κ1) is 13.3. The van der Waals surface area contributed by atoms with Crippen molar-refractivity contribution in [3.8, 4) is 0 Å². The third-order valence-electron chi connectivity index (χ3n) is 1.30. The van der Waals surface area contributed by atoms with E-state index in [-0.39, 0.29) is 24.3 Å². The van der Waals surface area contributed by atoms with Crippen LogP contribution in [-0.2, 0) is 9.53 Å². The van der Waals surface area contributed by atoms with Crippen LogP contribution in [0.1, 0.15) is 13.8 Å². The highest BCUT2D eigenvalue weighted by Crippen LogP contribution is 2.00. The first-order valence-electron chi connectivity index (χ1n) is 3.17. The van der Waals surface area contributed by atoms with Gasteiger partial charge in [-0.05, 0) is 5.92 Å². The molecule has 0 saturated carbocycles. The lowest BCUT2D eigenvalue weighted by molar-refractivity contribution is -0.144. The third kappa shape index (κ3) is 4.19. The molecule has 0 spiro atoms. The van der Waals surface area contributed by atoms with Crippen molar-refractivity contribution in [3.05, 3.63) is 0 Å². The minimum Gasteiger partial charge on any atom is -0.468 e. The quantitative estimate of drug-likeness (QED) is 0.368. The fourth-order valence-corrected chi connectivity index (χ4v) is 0.660. The van der Waals surface area contributed by atoms with Crippen LogP contribution in [0, 0.1) is 5.92 Å². The number of hydrogen-bond acceptors (Lipinski definition) is 4. The molecule has 0 aromatic heterocycles. The molecule has 0 heterocycles. The van der Waals surface area contributed by atoms with Crippen molar-refractivity contribution < 1.29 is 9.53 Å². The van der Waals surface area contributed by atoms with Crippen LogP contribution in [-0.4, -0.2) is 19.1 Å². The lowest BCUT2D eigenvalue weighted by atomic mass is 10.1. The number of nitrogens with two attached hydrogens (primary N) is 1. The molecular weight excluding hydrogens is 168 g/mol. The monoisotopic (exact) mass is 182 g/mol. The Bertz CT molecular complexity index is 119. The Kier molecular flexibility index (Phi) is 7.72. The normalized spacial score (nSPS) is 12.1. The Balaban J connectivity index is 0. The number of hydrazine groups is 1. The van der Waals surface area contributed by atoms with Crippen molar-refractivity contribution in [1.82, 2.24) is 5.43 Å². The van der Waals surface area contributed by atoms with E-state index in [0.717, 1.165) is 0 Å². The highest BCUT2D eigenvalue weighted by Gasteiger charge is 2.20. The molecule has 0 rings (SSSR count). The molecule has 4 nitrogen and oxygen atoms in total. The SMILES string of the molecule is COC(=O)C(NN)C(C)C.Cl. The van der Waals surface area contributed by atoms with Gasteiger partial charge < -0.3 is 4.74 Å². The standard InChI is InChI=1S/C6H14N2O2.ClH/c1-4(2)5(8-7)6(9)10-3;/h4-5,8H,7H2,1-3H3;1H. The van der Waals surface area contributed by atoms with Gasteiger partial charge in [0.2, 0.25) is 0 Å². The average molecular weight is 183 g/mol. The van der Waals surface area contributed by atoms with Crippen LogP contribution in [0.15, 0.2) is 0 Å². The predicted molar refractivity (Wildman–Crippen MR) is 45.2 cm³/mol. The number of methoxy groups -OCH3 is 1. The maximum Gasteiger partial charge on any atom is 0.324 e. The van der Waals surface area contributed by atoms with E-state index in [1.54, 1.807) is 0 Å². The molecule has 0 fully saturated rings. The Morgan fingerprint density at radius 1 is 1.55 bits per heavy atom. The number of rotatable bonds is 3. The summed E-state index contributed by atoms with van der Waals surface area (Å²) in [6.07, 6.45) is 0. The van der Waals surface area contributed by atoms with E-state index < -0.39 is 6.04 Å². The van der Waals surface area contributed by atoms with Gasteiger partial charge in [-0.25, -0.2) is 5.43 Å². The van der Waals surface area contributed by atoms with Crippen molar-refractivity contribution in [2.45, 2.75) is 19.9 Å². The molecule has 1 unspecified atom stereocenters. The van der Waals surface area contributed by atoms with E-state index >= 15 is 0 Å². The number of halogens is 1. The van der Waals surface area contributed by atoms with E-state index in [0.29, 0.717) is 0 Å². The summed E-state index contributed by atoms with van der Waals surface area (Å²) in [5.74, 6) is 4.93. The summed E-state index contributed by atoms with van der Waals surface area (Å²) in [4.78, 5) is 10.8. The molecule has 0 aliphatic carbocycles. The molecule has 0 aliphatic rings. The smallest absolute Gasteiger partial charge is 0.324 e. The summed E-state index contributed by atoms with van der Waals surface area (Å²) in [6, 6.07) is -0.398. The van der Waals surface area contributed by atoms with Gasteiger partial charge in [-0.1, -0.05) is 13.8 Å². The van der Waals surface area contributed by atoms with Crippen molar-refractivity contribution in [2.24, 2.45) is 11.8 Å². The highest BCUT2D eigenvalue weighted by atomic mass is 35.5. The molecule has 11 heavy (non-hydrogen) atoms. The highest BCUT2D eigenvalue weighted by molar-refractivity contribution is 5.85. The zero-order valence-electron chi connectivity index (χ0n) is 6.96. The van der Waals surface area contributed by atoms with E-state index in [4.69, 9.17) is 5.84 Å². The second kappa shape index (κ2) is 6.39. The largest absolute Gasteiger partial charge is 0.468 e. The van der Waals surface area contributed by atoms with Crippen LogP contribution >= 0.6 is 12.4 Å². The summed E-state index contributed by atoms with van der Waals surface area (Å²) in [7, 11) is 1.34. The summed E-state index contributed by atoms with van der Waals surface area (Å²) in [5, 5.41) is 0. The molecule has 0 radical (unpaired) electrons. The molecule has 1 atom stereocenters. The number of ether oxygens (including phenoxy) is 1. The second-order valence-corrected chi connectivity index (χ2v) is 2.41. The first-order chi connectivity index (χ1) is 4.63. The molecule has 0 amide bonds. The molecule has 0 aromatic rings. The van der Waals surface area contributed by atoms with Gasteiger partial charge in [0.25, 0.3) is 0 Å². The number of hydrogen-bond donors (Lipinski definition) is 2. The summed E-state index contributed by atoms with van der Waals surface area (Å²) in [6.45, 7) is 3.78. The van der Waals surface area contributed by atoms with Crippen LogP contribution in [0.5, 0.6) is 0 Å². The first-order valence-corrected chi connectivity index (χ1v) is 3.17. The van der Waals surface area contributed by atoms with Crippen LogP contribution in [0.2, 0.25) is 0 Å². The Hall–Kier alpha value is -0.320. The second-order valence-electron chi connectivity index (χ2n) is 2.41. The average Bonchev–Trinajstić information content (AvgIpc) is 1.88. The number of nitrogens with one attached hydrogen (secondary N) is 1. The lowest BCUT2D eigenvalue weighted by Gasteiger charge is -2.16. The molecule has 3 N–H and O–H groups in total. The topological polar surface area (TPSA) is 64.3 Å². The lowest BCUT2D eigenvalue weighted by Crippen LogP contribution is -2.45. The Labute approximate surface area is 72.9 Å². The van der Waals surface area contributed by atoms with Crippen molar-refractivity contribution in [1.29, 1.82) is 0 Å². The fourth-order valence-electron chi connectivity index (χ4n) is 0.660. The van der Waals surface area contributed by atoms with Gasteiger partial charge in [0.15, 0.2) is 0 Å². The van der Waals surface area contributed by atoms with Gasteiger partial charge in [0, 0.05) is 0 Å². The molecule has 0 saturated heterocycles. The zero-order valence-corrected chi connectivity index (χ0v) is 7.77. The number of carbonyl (C=O) groups excluding carboxylic acids is 1. The molecule has 0 aromatic carbocycles. The molecule has 5 heteroatoms. The van der Waals surface area contributed by atoms with Crippen molar-refractivity contribution >= 4 is 18.4 Å². The minimum absolute atomic E-state index is 0. The number of carbonyl (C=O) groups is 1. The summed E-state index contributed by atoms with van der Waals surface area (Å²) >= 11 is 0. The summed E-state index contributed by atoms with van der Waals surface area (Å²) in [5.41, 5.74) is 2.38. The van der Waals surface area contributed by atoms with Gasteiger partial charge in [-0.15, -0.1) is 12.4 Å². The third-order valence-corrected chi connectivity index (χ3v) is 1.30. The summed E-state index contributed by atoms with van der Waals surface area (Å²) < 4.78 is 4.48. The molecular formula is C6H15ClN2O2. The van der Waals surface area contributed by atoms with Crippen LogP contribution < -0.4 is 11.3 Å². The van der Waals surface area contributed by atoms with Gasteiger partial charge in [-0.3, -0.25) is 10.6 Å². The predicted octanol–water partition coefficient (Wildman–Crippen LogP) is 0.0691. The minimum atomic E-state index is -0.398. The maximum absolute atomic E-state index is 10.8. The van der Waals surface area contributed by atoms with Gasteiger partial charge in [-0.2, -0.15) is 0 Å². The van der Waals surface area contributed by atoms with Crippen molar-refractivity contribution in [2.75, 3.05) is 7.11 Å². The molecule has 0 bridgehead atoms. The van der Waals surface area contributed by atoms with Crippen LogP contribution in [0.4, 0.5) is 0 Å². The molecule has 68 valence electrons. The van der Waals surface area contributed by atoms with E-state index in [1.165, 1.54) is 7.11 Å². The zero-order chi connectivity index (χ0) is 8.15. The van der Waals surface area contributed by atoms with E-state index in [1.807, 2.05) is 13.8 Å². The van der Waals surface area contributed by atoms with Crippen LogP contribution in [0.25, 0.3) is 0 Å².